The third-order valence-corrected chi connectivity index (χ3v) is 7.90. The van der Waals surface area contributed by atoms with Crippen molar-refractivity contribution in [2.24, 2.45) is 17.3 Å². The molecule has 1 aromatic heterocycles. The molecule has 29 heavy (non-hydrogen) atoms. The van der Waals surface area contributed by atoms with E-state index in [0.717, 1.165) is 31.2 Å². The standard InChI is InChI=1S/C24H37NO3S/c1-5-28-23(27)21-18-13-12-17(24(2,3)4)15-19(18)29-22(21)25-20(26)14-11-16-9-7-6-8-10-16/h16-17H,5-15H2,1-4H3,(H,25,26). The molecule has 3 rings (SSSR count). The zero-order valence-corrected chi connectivity index (χ0v) is 19.4. The van der Waals surface area contributed by atoms with Crippen LogP contribution in [0, 0.1) is 17.3 Å². The highest BCUT2D eigenvalue weighted by Crippen LogP contribution is 2.44. The van der Waals surface area contributed by atoms with Gasteiger partial charge in [-0.25, -0.2) is 4.79 Å². The van der Waals surface area contributed by atoms with Gasteiger partial charge in [0.1, 0.15) is 5.00 Å². The maximum atomic E-state index is 12.7. The number of hydrogen-bond acceptors (Lipinski definition) is 4. The summed E-state index contributed by atoms with van der Waals surface area (Å²) in [6.45, 7) is 9.04. The molecule has 5 heteroatoms. The van der Waals surface area contributed by atoms with Gasteiger partial charge < -0.3 is 10.1 Å². The number of esters is 1. The number of carbonyl (C=O) groups is 2. The van der Waals surface area contributed by atoms with E-state index >= 15 is 0 Å². The second-order valence-corrected chi connectivity index (χ2v) is 10.9. The molecule has 2 aliphatic rings. The lowest BCUT2D eigenvalue weighted by molar-refractivity contribution is -0.116. The summed E-state index contributed by atoms with van der Waals surface area (Å²) in [5.41, 5.74) is 1.97. The molecule has 0 aromatic carbocycles. The van der Waals surface area contributed by atoms with Crippen LogP contribution >= 0.6 is 11.3 Å². The van der Waals surface area contributed by atoms with Crippen LogP contribution in [-0.2, 0) is 22.4 Å². The van der Waals surface area contributed by atoms with Gasteiger partial charge in [-0.3, -0.25) is 4.79 Å². The molecule has 1 atom stereocenters. The Morgan fingerprint density at radius 1 is 1.14 bits per heavy atom. The van der Waals surface area contributed by atoms with E-state index in [9.17, 15) is 9.59 Å². The summed E-state index contributed by atoms with van der Waals surface area (Å²) in [4.78, 5) is 26.6. The van der Waals surface area contributed by atoms with Crippen LogP contribution in [0.1, 0.15) is 99.9 Å². The number of nitrogens with one attached hydrogen (secondary N) is 1. The third kappa shape index (κ3) is 5.62. The number of ether oxygens (including phenoxy) is 1. The van der Waals surface area contributed by atoms with Crippen molar-refractivity contribution in [1.29, 1.82) is 0 Å². The van der Waals surface area contributed by atoms with Crippen molar-refractivity contribution >= 4 is 28.2 Å². The van der Waals surface area contributed by atoms with Crippen LogP contribution in [-0.4, -0.2) is 18.5 Å². The van der Waals surface area contributed by atoms with Crippen LogP contribution in [0.25, 0.3) is 0 Å². The fraction of sp³-hybridized carbons (Fsp3) is 0.750. The highest BCUT2D eigenvalue weighted by molar-refractivity contribution is 7.17. The highest BCUT2D eigenvalue weighted by Gasteiger charge is 2.34. The number of thiophene rings is 1. The van der Waals surface area contributed by atoms with E-state index in [1.54, 1.807) is 11.3 Å². The first kappa shape index (κ1) is 22.3. The zero-order chi connectivity index (χ0) is 21.0. The van der Waals surface area contributed by atoms with Crippen LogP contribution < -0.4 is 5.32 Å². The van der Waals surface area contributed by atoms with Crippen molar-refractivity contribution in [3.8, 4) is 0 Å². The number of rotatable bonds is 6. The molecule has 1 fully saturated rings. The average Bonchev–Trinajstić information content (AvgIpc) is 3.03. The number of carbonyl (C=O) groups excluding carboxylic acids is 2. The highest BCUT2D eigenvalue weighted by atomic mass is 32.1. The molecule has 0 aliphatic heterocycles. The number of anilines is 1. The Hall–Kier alpha value is -1.36. The molecule has 0 bridgehead atoms. The Morgan fingerprint density at radius 3 is 2.52 bits per heavy atom. The van der Waals surface area contributed by atoms with Crippen molar-refractivity contribution in [3.05, 3.63) is 16.0 Å². The fourth-order valence-corrected chi connectivity index (χ4v) is 6.16. The molecule has 1 N–H and O–H groups in total. The lowest BCUT2D eigenvalue weighted by Crippen LogP contribution is -2.26. The van der Waals surface area contributed by atoms with E-state index in [2.05, 4.69) is 26.1 Å². The molecule has 1 amide bonds. The van der Waals surface area contributed by atoms with Crippen LogP contribution in [0.5, 0.6) is 0 Å². The zero-order valence-electron chi connectivity index (χ0n) is 18.6. The second kappa shape index (κ2) is 9.63. The van der Waals surface area contributed by atoms with Gasteiger partial charge in [0.25, 0.3) is 0 Å². The van der Waals surface area contributed by atoms with Crippen LogP contribution in [0.4, 0.5) is 5.00 Å². The Morgan fingerprint density at radius 2 is 1.86 bits per heavy atom. The lowest BCUT2D eigenvalue weighted by atomic mass is 9.72. The fourth-order valence-electron chi connectivity index (χ4n) is 4.83. The summed E-state index contributed by atoms with van der Waals surface area (Å²) in [5, 5.41) is 3.78. The molecule has 1 aromatic rings. The molecule has 0 spiro atoms. The molecule has 1 unspecified atom stereocenters. The first-order valence-corrected chi connectivity index (χ1v) is 12.2. The Labute approximate surface area is 179 Å². The van der Waals surface area contributed by atoms with Gasteiger partial charge in [0.05, 0.1) is 12.2 Å². The topological polar surface area (TPSA) is 55.4 Å². The van der Waals surface area contributed by atoms with Crippen molar-refractivity contribution in [2.45, 2.75) is 91.9 Å². The van der Waals surface area contributed by atoms with Gasteiger partial charge in [0.2, 0.25) is 5.91 Å². The first-order chi connectivity index (χ1) is 13.8. The monoisotopic (exact) mass is 419 g/mol. The molecule has 1 heterocycles. The van der Waals surface area contributed by atoms with Crippen molar-refractivity contribution in [2.75, 3.05) is 11.9 Å². The maximum absolute atomic E-state index is 12.7. The summed E-state index contributed by atoms with van der Waals surface area (Å²) in [7, 11) is 0. The SMILES string of the molecule is CCOC(=O)c1c(NC(=O)CCC2CCCCC2)sc2c1CCC(C(C)(C)C)C2. The van der Waals surface area contributed by atoms with E-state index in [4.69, 9.17) is 4.74 Å². The molecule has 4 nitrogen and oxygen atoms in total. The van der Waals surface area contributed by atoms with E-state index in [1.807, 2.05) is 6.92 Å². The van der Waals surface area contributed by atoms with Gasteiger partial charge in [-0.15, -0.1) is 11.3 Å². The number of hydrogen-bond donors (Lipinski definition) is 1. The summed E-state index contributed by atoms with van der Waals surface area (Å²) < 4.78 is 5.34. The average molecular weight is 420 g/mol. The largest absolute Gasteiger partial charge is 0.462 e. The maximum Gasteiger partial charge on any atom is 0.341 e. The summed E-state index contributed by atoms with van der Waals surface area (Å²) in [6, 6.07) is 0. The molecular formula is C24H37NO3S. The second-order valence-electron chi connectivity index (χ2n) is 9.83. The molecule has 1 saturated carbocycles. The molecular weight excluding hydrogens is 382 g/mol. The number of amides is 1. The third-order valence-electron chi connectivity index (χ3n) is 6.73. The van der Waals surface area contributed by atoms with E-state index in [0.29, 0.717) is 35.4 Å². The van der Waals surface area contributed by atoms with Gasteiger partial charge in [0.15, 0.2) is 0 Å². The first-order valence-electron chi connectivity index (χ1n) is 11.4. The minimum atomic E-state index is -0.290. The smallest absolute Gasteiger partial charge is 0.341 e. The van der Waals surface area contributed by atoms with Crippen LogP contribution in [0.3, 0.4) is 0 Å². The molecule has 162 valence electrons. The Bertz CT molecular complexity index is 725. The number of fused-ring (bicyclic) bond motifs is 1. The summed E-state index contributed by atoms with van der Waals surface area (Å²) in [5.74, 6) is 1.02. The van der Waals surface area contributed by atoms with Gasteiger partial charge in [0, 0.05) is 11.3 Å². The van der Waals surface area contributed by atoms with Gasteiger partial charge in [-0.05, 0) is 55.4 Å². The van der Waals surface area contributed by atoms with E-state index < -0.39 is 0 Å². The van der Waals surface area contributed by atoms with Crippen LogP contribution in [0.2, 0.25) is 0 Å². The van der Waals surface area contributed by atoms with Crippen LogP contribution in [0.15, 0.2) is 0 Å². The van der Waals surface area contributed by atoms with Crippen molar-refractivity contribution in [3.63, 3.8) is 0 Å². The molecule has 2 aliphatic carbocycles. The van der Waals surface area contributed by atoms with Crippen molar-refractivity contribution < 1.29 is 14.3 Å². The quantitative estimate of drug-likeness (QED) is 0.545. The van der Waals surface area contributed by atoms with E-state index in [1.165, 1.54) is 37.0 Å². The predicted octanol–water partition coefficient (Wildman–Crippen LogP) is 6.37. The van der Waals surface area contributed by atoms with Crippen molar-refractivity contribution in [1.82, 2.24) is 0 Å². The minimum Gasteiger partial charge on any atom is -0.462 e. The van der Waals surface area contributed by atoms with Gasteiger partial charge in [-0.1, -0.05) is 52.9 Å². The summed E-state index contributed by atoms with van der Waals surface area (Å²) in [6.07, 6.45) is 10.9. The minimum absolute atomic E-state index is 0.0343. The predicted molar refractivity (Wildman–Crippen MR) is 120 cm³/mol. The molecule has 0 radical (unpaired) electrons. The summed E-state index contributed by atoms with van der Waals surface area (Å²) >= 11 is 1.59. The molecule has 0 saturated heterocycles. The Kier molecular flexibility index (Phi) is 7.42. The van der Waals surface area contributed by atoms with Gasteiger partial charge >= 0.3 is 5.97 Å². The Balaban J connectivity index is 1.73. The van der Waals surface area contributed by atoms with E-state index in [-0.39, 0.29) is 17.3 Å². The normalized spacial score (nSPS) is 20.2. The van der Waals surface area contributed by atoms with Gasteiger partial charge in [-0.2, -0.15) is 0 Å². The lowest BCUT2D eigenvalue weighted by Gasteiger charge is -2.33.